The number of aliphatic hydroxyl groups is 1. The van der Waals surface area contributed by atoms with E-state index in [0.29, 0.717) is 42.7 Å². The fourth-order valence-electron chi connectivity index (χ4n) is 7.63. The largest absolute Gasteiger partial charge is 0.506 e. The van der Waals surface area contributed by atoms with Crippen LogP contribution in [0.2, 0.25) is 0 Å². The number of aliphatic hydroxyl groups excluding tert-OH is 1. The van der Waals surface area contributed by atoms with Gasteiger partial charge in [-0.2, -0.15) is 0 Å². The topological polar surface area (TPSA) is 164 Å². The van der Waals surface area contributed by atoms with E-state index in [1.165, 1.54) is 44.2 Å². The molecular weight excluding hydrogens is 707 g/mol. The van der Waals surface area contributed by atoms with Crippen molar-refractivity contribution in [2.45, 2.75) is 79.8 Å². The number of carbonyl (C=O) groups excluding carboxylic acids is 1. The first-order chi connectivity index (χ1) is 26.1. The predicted octanol–water partition coefficient (Wildman–Crippen LogP) is 4.68. The van der Waals surface area contributed by atoms with Crippen LogP contribution in [0.1, 0.15) is 75.1 Å². The summed E-state index contributed by atoms with van der Waals surface area (Å²) in [6.45, 7) is 7.33. The number of H-pyrrole nitrogens is 1. The van der Waals surface area contributed by atoms with Crippen LogP contribution >= 0.6 is 0 Å². The van der Waals surface area contributed by atoms with Crippen molar-refractivity contribution < 1.29 is 28.2 Å². The summed E-state index contributed by atoms with van der Waals surface area (Å²) in [5.41, 5.74) is 1.52. The van der Waals surface area contributed by atoms with Gasteiger partial charge in [0.2, 0.25) is 21.3 Å². The molecule has 0 bridgehead atoms. The predicted molar refractivity (Wildman–Crippen MR) is 209 cm³/mol. The molecule has 0 unspecified atom stereocenters. The molecule has 6 rings (SSSR count). The highest BCUT2D eigenvalue weighted by atomic mass is 32.2. The van der Waals surface area contributed by atoms with Gasteiger partial charge in [0.25, 0.3) is 0 Å². The van der Waals surface area contributed by atoms with Gasteiger partial charge in [0, 0.05) is 62.8 Å². The molecular formula is C41H53N5O7S. The lowest BCUT2D eigenvalue weighted by atomic mass is 9.93. The van der Waals surface area contributed by atoms with Gasteiger partial charge in [-0.25, -0.2) is 8.42 Å². The summed E-state index contributed by atoms with van der Waals surface area (Å²) < 4.78 is 33.0. The lowest BCUT2D eigenvalue weighted by molar-refractivity contribution is -0.120. The summed E-state index contributed by atoms with van der Waals surface area (Å²) in [5.74, 6) is 0.150. The van der Waals surface area contributed by atoms with Crippen LogP contribution in [0, 0.1) is 0 Å². The fraction of sp³-hybridized carbons (Fsp3) is 0.463. The molecule has 13 heteroatoms. The van der Waals surface area contributed by atoms with Crippen LogP contribution in [0.5, 0.6) is 11.5 Å². The molecule has 2 atom stereocenters. The number of hydrogen-bond donors (Lipinski definition) is 5. The number of nitrogens with one attached hydrogen (secondary N) is 3. The first-order valence-electron chi connectivity index (χ1n) is 19.2. The molecule has 54 heavy (non-hydrogen) atoms. The van der Waals surface area contributed by atoms with Crippen LogP contribution < -0.4 is 20.9 Å². The second-order valence-electron chi connectivity index (χ2n) is 14.4. The van der Waals surface area contributed by atoms with E-state index in [0.717, 1.165) is 37.8 Å². The number of pyridine rings is 1. The van der Waals surface area contributed by atoms with Crippen molar-refractivity contribution in [1.82, 2.24) is 25.4 Å². The maximum Gasteiger partial charge on any atom is 0.248 e. The van der Waals surface area contributed by atoms with E-state index in [1.54, 1.807) is 48.5 Å². The zero-order valence-electron chi connectivity index (χ0n) is 31.0. The maximum absolute atomic E-state index is 13.5. The molecule has 1 aliphatic carbocycles. The SMILES string of the molecule is C[C@@H](c1ccc(S(=O)(=O)c2cccc(OCCCCNC(=O)CNC[C@H](O)c3ccc(O)c4[nH]c(=O)ccc34)c2)cc1)N1CCN(C2CCCCC2)CC1. The Balaban J connectivity index is 0.895. The lowest BCUT2D eigenvalue weighted by Crippen LogP contribution is -2.51. The van der Waals surface area contributed by atoms with Crippen LogP contribution in [0.4, 0.5) is 0 Å². The number of sulfone groups is 1. The summed E-state index contributed by atoms with van der Waals surface area (Å²) in [4.78, 5) is 32.1. The number of unbranched alkanes of at least 4 members (excludes halogenated alkanes) is 1. The average Bonchev–Trinajstić information content (AvgIpc) is 3.19. The molecule has 0 radical (unpaired) electrons. The molecule has 0 spiro atoms. The van der Waals surface area contributed by atoms with Crippen molar-refractivity contribution in [3.63, 3.8) is 0 Å². The Kier molecular flexibility index (Phi) is 13.4. The van der Waals surface area contributed by atoms with Gasteiger partial charge in [-0.15, -0.1) is 0 Å². The first-order valence-corrected chi connectivity index (χ1v) is 20.6. The Morgan fingerprint density at radius 1 is 0.944 bits per heavy atom. The molecule has 5 N–H and O–H groups in total. The highest BCUT2D eigenvalue weighted by molar-refractivity contribution is 7.91. The molecule has 2 heterocycles. The Morgan fingerprint density at radius 2 is 1.70 bits per heavy atom. The number of hydrogen-bond acceptors (Lipinski definition) is 10. The number of aromatic hydroxyl groups is 1. The van der Waals surface area contributed by atoms with Gasteiger partial charge in [-0.05, 0) is 86.2 Å². The summed E-state index contributed by atoms with van der Waals surface area (Å²) in [7, 11) is -3.73. The van der Waals surface area contributed by atoms with E-state index in [1.807, 2.05) is 12.1 Å². The second kappa shape index (κ2) is 18.4. The molecule has 12 nitrogen and oxygen atoms in total. The summed E-state index contributed by atoms with van der Waals surface area (Å²) in [6, 6.07) is 20.7. The lowest BCUT2D eigenvalue weighted by Gasteiger charge is -2.42. The monoisotopic (exact) mass is 759 g/mol. The maximum atomic E-state index is 13.5. The highest BCUT2D eigenvalue weighted by Crippen LogP contribution is 2.30. The van der Waals surface area contributed by atoms with Gasteiger partial charge in [0.15, 0.2) is 0 Å². The zero-order valence-corrected chi connectivity index (χ0v) is 31.8. The van der Waals surface area contributed by atoms with E-state index >= 15 is 0 Å². The van der Waals surface area contributed by atoms with Crippen LogP contribution in [-0.2, 0) is 14.6 Å². The zero-order chi connectivity index (χ0) is 38.1. The molecule has 1 aliphatic heterocycles. The Hall–Kier alpha value is -4.27. The van der Waals surface area contributed by atoms with E-state index in [-0.39, 0.29) is 51.7 Å². The summed E-state index contributed by atoms with van der Waals surface area (Å²) in [5, 5.41) is 27.0. The third-order valence-electron chi connectivity index (χ3n) is 10.8. The number of carbonyl (C=O) groups is 1. The summed E-state index contributed by atoms with van der Waals surface area (Å²) >= 11 is 0. The number of fused-ring (bicyclic) bond motifs is 1. The molecule has 1 saturated heterocycles. The molecule has 2 fully saturated rings. The Morgan fingerprint density at radius 3 is 2.46 bits per heavy atom. The number of amides is 1. The third-order valence-corrected chi connectivity index (χ3v) is 12.6. The highest BCUT2D eigenvalue weighted by Gasteiger charge is 2.28. The molecule has 3 aromatic carbocycles. The van der Waals surface area contributed by atoms with Gasteiger partial charge >= 0.3 is 0 Å². The van der Waals surface area contributed by atoms with Crippen LogP contribution in [0.3, 0.4) is 0 Å². The normalized spacial score (nSPS) is 17.3. The summed E-state index contributed by atoms with van der Waals surface area (Å²) in [6.07, 6.45) is 7.07. The third kappa shape index (κ3) is 9.88. The second-order valence-corrected chi connectivity index (χ2v) is 16.4. The smallest absolute Gasteiger partial charge is 0.248 e. The number of aromatic nitrogens is 1. The standard InChI is InChI=1S/C41H53N5O7S/c1-29(45-21-23-46(24-22-45)31-8-3-2-4-9-31)30-12-14-33(15-13-30)54(51,52)34-11-7-10-32(26-34)53-25-6-5-20-43-40(50)28-42-27-38(48)35-16-18-37(47)41-36(35)17-19-39(49)44-41/h7,10-19,26,29,31,38,42,47-48H,2-6,8-9,20-25,27-28H2,1H3,(H,43,50)(H,44,49)/t29-,38-/m0/s1. The van der Waals surface area contributed by atoms with E-state index in [9.17, 15) is 28.2 Å². The molecule has 290 valence electrons. The minimum atomic E-state index is -3.73. The van der Waals surface area contributed by atoms with Crippen LogP contribution in [-0.4, -0.2) is 97.8 Å². The van der Waals surface area contributed by atoms with Crippen molar-refractivity contribution in [1.29, 1.82) is 0 Å². The van der Waals surface area contributed by atoms with E-state index < -0.39 is 15.9 Å². The number of phenols is 1. The quantitative estimate of drug-likeness (QED) is 0.101. The molecule has 1 aromatic heterocycles. The number of piperazine rings is 1. The van der Waals surface area contributed by atoms with Gasteiger partial charge < -0.3 is 30.6 Å². The Labute approximate surface area is 317 Å². The van der Waals surface area contributed by atoms with Crippen LogP contribution in [0.15, 0.2) is 87.4 Å². The average molecular weight is 760 g/mol. The molecule has 1 amide bonds. The van der Waals surface area contributed by atoms with Crippen molar-refractivity contribution in [3.8, 4) is 11.5 Å². The number of phenolic OH excluding ortho intramolecular Hbond substituents is 1. The first kappa shape index (κ1) is 39.4. The number of benzene rings is 3. The molecule has 1 saturated carbocycles. The number of aromatic amines is 1. The number of nitrogens with zero attached hydrogens (tertiary/aromatic N) is 2. The minimum Gasteiger partial charge on any atom is -0.506 e. The minimum absolute atomic E-state index is 0.00107. The van der Waals surface area contributed by atoms with Crippen molar-refractivity contribution in [2.24, 2.45) is 0 Å². The van der Waals surface area contributed by atoms with Crippen LogP contribution in [0.25, 0.3) is 10.9 Å². The molecule has 4 aromatic rings. The van der Waals surface area contributed by atoms with Gasteiger partial charge in [0.05, 0.1) is 34.6 Å². The number of ether oxygens (including phenoxy) is 1. The van der Waals surface area contributed by atoms with Crippen molar-refractivity contribution in [2.75, 3.05) is 52.4 Å². The molecule has 2 aliphatic rings. The number of rotatable bonds is 16. The fourth-order valence-corrected chi connectivity index (χ4v) is 8.92. The van der Waals surface area contributed by atoms with E-state index in [4.69, 9.17) is 4.74 Å². The van der Waals surface area contributed by atoms with Gasteiger partial charge in [-0.3, -0.25) is 19.4 Å². The van der Waals surface area contributed by atoms with Crippen molar-refractivity contribution >= 4 is 26.6 Å². The van der Waals surface area contributed by atoms with Gasteiger partial charge in [0.1, 0.15) is 11.5 Å². The van der Waals surface area contributed by atoms with Crippen molar-refractivity contribution in [3.05, 3.63) is 94.3 Å². The van der Waals surface area contributed by atoms with E-state index in [2.05, 4.69) is 32.3 Å². The van der Waals surface area contributed by atoms with Gasteiger partial charge in [-0.1, -0.05) is 43.5 Å². The Bertz CT molecular complexity index is 2020.